The fourth-order valence-corrected chi connectivity index (χ4v) is 9.65. The Bertz CT molecular complexity index is 3600. The zero-order valence-electron chi connectivity index (χ0n) is 32.8. The first-order valence-corrected chi connectivity index (χ1v) is 20.7. The predicted octanol–water partition coefficient (Wildman–Crippen LogP) is 16.2. The normalized spacial score (nSPS) is 11.7. The molecule has 0 aliphatic heterocycles. The monoisotopic (exact) mass is 762 g/mol. The molecular weight excluding hydrogens is 725 g/mol. The molecule has 1 heterocycles. The number of fused-ring (bicyclic) bond motifs is 8. The minimum absolute atomic E-state index is 1.10. The highest BCUT2D eigenvalue weighted by atomic mass is 15.1. The van der Waals surface area contributed by atoms with E-state index in [0.29, 0.717) is 0 Å². The van der Waals surface area contributed by atoms with E-state index in [1.807, 2.05) is 0 Å². The Hall–Kier alpha value is -7.94. The molecule has 0 amide bonds. The molecule has 12 rings (SSSR count). The first-order chi connectivity index (χ1) is 29.8. The van der Waals surface area contributed by atoms with Crippen molar-refractivity contribution in [3.63, 3.8) is 0 Å². The van der Waals surface area contributed by atoms with E-state index in [0.717, 1.165) is 17.1 Å². The lowest BCUT2D eigenvalue weighted by Crippen LogP contribution is -2.10. The number of hydrogen-bond acceptors (Lipinski definition) is 1. The van der Waals surface area contributed by atoms with Gasteiger partial charge in [0.25, 0.3) is 0 Å². The molecule has 12 aromatic rings. The van der Waals surface area contributed by atoms with Crippen LogP contribution in [0.2, 0.25) is 0 Å². The maximum absolute atomic E-state index is 2.45. The maximum Gasteiger partial charge on any atom is 0.0542 e. The van der Waals surface area contributed by atoms with E-state index in [4.69, 9.17) is 0 Å². The maximum atomic E-state index is 2.45. The minimum Gasteiger partial charge on any atom is -0.310 e. The van der Waals surface area contributed by atoms with Crippen molar-refractivity contribution in [2.45, 2.75) is 0 Å². The second kappa shape index (κ2) is 13.9. The van der Waals surface area contributed by atoms with E-state index >= 15 is 0 Å². The summed E-state index contributed by atoms with van der Waals surface area (Å²) in [6.07, 6.45) is 0. The molecule has 2 heteroatoms. The van der Waals surface area contributed by atoms with Crippen LogP contribution in [-0.2, 0) is 0 Å². The number of nitrogens with zero attached hydrogens (tertiary/aromatic N) is 2. The Labute approximate surface area is 348 Å². The van der Waals surface area contributed by atoms with Crippen LogP contribution in [0, 0.1) is 0 Å². The lowest BCUT2D eigenvalue weighted by atomic mass is 9.85. The van der Waals surface area contributed by atoms with Gasteiger partial charge in [0.1, 0.15) is 0 Å². The van der Waals surface area contributed by atoms with Crippen LogP contribution in [0.3, 0.4) is 0 Å². The molecule has 0 bridgehead atoms. The number of aromatic nitrogens is 1. The summed E-state index contributed by atoms with van der Waals surface area (Å²) in [4.78, 5) is 2.45. The van der Waals surface area contributed by atoms with Crippen molar-refractivity contribution in [2.24, 2.45) is 0 Å². The molecule has 0 atom stereocenters. The molecule has 0 radical (unpaired) electrons. The summed E-state index contributed by atoms with van der Waals surface area (Å²) >= 11 is 0. The Balaban J connectivity index is 1.15. The average molecular weight is 763 g/mol. The van der Waals surface area contributed by atoms with Crippen molar-refractivity contribution in [3.05, 3.63) is 231 Å². The van der Waals surface area contributed by atoms with E-state index in [1.165, 1.54) is 92.8 Å². The van der Waals surface area contributed by atoms with Gasteiger partial charge in [-0.2, -0.15) is 0 Å². The van der Waals surface area contributed by atoms with Crippen LogP contribution in [0.25, 0.3) is 92.8 Å². The van der Waals surface area contributed by atoms with E-state index in [-0.39, 0.29) is 0 Å². The first kappa shape index (κ1) is 34.1. The number of para-hydroxylation sites is 1. The van der Waals surface area contributed by atoms with Gasteiger partial charge in [-0.05, 0) is 115 Å². The Kier molecular flexibility index (Phi) is 7.89. The Morgan fingerprint density at radius 1 is 0.267 bits per heavy atom. The minimum atomic E-state index is 1.10. The van der Waals surface area contributed by atoms with Crippen LogP contribution in [0.4, 0.5) is 17.1 Å². The molecule has 60 heavy (non-hydrogen) atoms. The van der Waals surface area contributed by atoms with Crippen LogP contribution in [0.15, 0.2) is 231 Å². The van der Waals surface area contributed by atoms with Crippen LogP contribution >= 0.6 is 0 Å². The highest BCUT2D eigenvalue weighted by Crippen LogP contribution is 2.48. The molecule has 0 fully saturated rings. The second-order valence-electron chi connectivity index (χ2n) is 15.7. The molecule has 0 saturated heterocycles. The van der Waals surface area contributed by atoms with E-state index in [1.54, 1.807) is 0 Å². The van der Waals surface area contributed by atoms with Crippen molar-refractivity contribution in [1.29, 1.82) is 0 Å². The molecule has 0 spiro atoms. The third-order valence-electron chi connectivity index (χ3n) is 12.3. The average Bonchev–Trinajstić information content (AvgIpc) is 3.65. The first-order valence-electron chi connectivity index (χ1n) is 20.7. The smallest absolute Gasteiger partial charge is 0.0542 e. The lowest BCUT2D eigenvalue weighted by molar-refractivity contribution is 1.20. The van der Waals surface area contributed by atoms with E-state index in [9.17, 15) is 0 Å². The summed E-state index contributed by atoms with van der Waals surface area (Å²) in [6, 6.07) is 84.4. The number of benzene rings is 11. The molecule has 0 saturated carbocycles. The zero-order valence-corrected chi connectivity index (χ0v) is 32.8. The summed E-state index contributed by atoms with van der Waals surface area (Å²) < 4.78 is 2.44. The van der Waals surface area contributed by atoms with Gasteiger partial charge in [-0.3, -0.25) is 0 Å². The summed E-state index contributed by atoms with van der Waals surface area (Å²) in [5, 5.41) is 12.3. The van der Waals surface area contributed by atoms with Crippen molar-refractivity contribution in [1.82, 2.24) is 4.57 Å². The second-order valence-corrected chi connectivity index (χ2v) is 15.7. The number of anilines is 3. The van der Waals surface area contributed by atoms with Gasteiger partial charge in [-0.15, -0.1) is 0 Å². The number of hydrogen-bond donors (Lipinski definition) is 0. The molecule has 2 nitrogen and oxygen atoms in total. The van der Waals surface area contributed by atoms with Crippen LogP contribution in [-0.4, -0.2) is 4.57 Å². The Morgan fingerprint density at radius 3 is 1.53 bits per heavy atom. The fraction of sp³-hybridized carbons (Fsp3) is 0. The SMILES string of the molecule is c1ccc(-c2c(-c3ccccc3)c3cc(N(c4ccc5ccccc5c4)c4ccc5c(c4)c4ccccc4n5-c4cccc5ccccc45)ccc3c3ccccc23)cc1. The summed E-state index contributed by atoms with van der Waals surface area (Å²) in [7, 11) is 0. The summed E-state index contributed by atoms with van der Waals surface area (Å²) in [5.74, 6) is 0. The van der Waals surface area contributed by atoms with Gasteiger partial charge in [0.2, 0.25) is 0 Å². The van der Waals surface area contributed by atoms with Crippen LogP contribution in [0.5, 0.6) is 0 Å². The zero-order chi connectivity index (χ0) is 39.6. The molecule has 0 aliphatic carbocycles. The van der Waals surface area contributed by atoms with Gasteiger partial charge in [0.15, 0.2) is 0 Å². The van der Waals surface area contributed by atoms with Crippen LogP contribution in [0.1, 0.15) is 0 Å². The lowest BCUT2D eigenvalue weighted by Gasteiger charge is -2.27. The predicted molar refractivity (Wildman–Crippen MR) is 256 cm³/mol. The summed E-state index contributed by atoms with van der Waals surface area (Å²) in [6.45, 7) is 0. The van der Waals surface area contributed by atoms with Crippen molar-refractivity contribution in [3.8, 4) is 27.9 Å². The quantitative estimate of drug-likeness (QED) is 0.153. The highest BCUT2D eigenvalue weighted by molar-refractivity contribution is 6.22. The molecule has 0 unspecified atom stereocenters. The highest BCUT2D eigenvalue weighted by Gasteiger charge is 2.22. The molecule has 0 N–H and O–H groups in total. The third-order valence-corrected chi connectivity index (χ3v) is 12.3. The topological polar surface area (TPSA) is 8.17 Å². The largest absolute Gasteiger partial charge is 0.310 e. The molecule has 0 aliphatic rings. The van der Waals surface area contributed by atoms with Gasteiger partial charge < -0.3 is 9.47 Å². The van der Waals surface area contributed by atoms with E-state index in [2.05, 4.69) is 240 Å². The fourth-order valence-electron chi connectivity index (χ4n) is 9.65. The molecule has 11 aromatic carbocycles. The van der Waals surface area contributed by atoms with Gasteiger partial charge >= 0.3 is 0 Å². The van der Waals surface area contributed by atoms with Crippen molar-refractivity contribution < 1.29 is 0 Å². The van der Waals surface area contributed by atoms with Gasteiger partial charge in [-0.25, -0.2) is 0 Å². The standard InChI is InChI=1S/C58H38N2/c1-3-18-41(19-4-1)57-51-27-12-11-25-48(51)49-34-32-45(38-53(49)58(57)42-20-5-2-6-21-42)59(44-31-30-39-16-7-8-22-43(39)36-44)46-33-35-56-52(37-46)50-26-13-14-28-55(50)60(56)54-29-15-23-40-17-9-10-24-47(40)54/h1-38H. The van der Waals surface area contributed by atoms with Crippen LogP contribution < -0.4 is 4.90 Å². The molecular formula is C58H38N2. The number of rotatable bonds is 6. The van der Waals surface area contributed by atoms with Gasteiger partial charge in [-0.1, -0.05) is 176 Å². The molecule has 1 aromatic heterocycles. The van der Waals surface area contributed by atoms with Gasteiger partial charge in [0, 0.05) is 33.2 Å². The van der Waals surface area contributed by atoms with Crippen molar-refractivity contribution >= 4 is 82.0 Å². The van der Waals surface area contributed by atoms with Gasteiger partial charge in [0.05, 0.1) is 16.7 Å². The van der Waals surface area contributed by atoms with E-state index < -0.39 is 0 Å². The molecule has 280 valence electrons. The van der Waals surface area contributed by atoms with Crippen molar-refractivity contribution in [2.75, 3.05) is 4.90 Å². The Morgan fingerprint density at radius 2 is 0.767 bits per heavy atom. The summed E-state index contributed by atoms with van der Waals surface area (Å²) in [5.41, 5.74) is 11.8. The third kappa shape index (κ3) is 5.42.